The summed E-state index contributed by atoms with van der Waals surface area (Å²) in [5, 5.41) is 13.4. The van der Waals surface area contributed by atoms with E-state index in [2.05, 4.69) is 25.7 Å². The van der Waals surface area contributed by atoms with Gasteiger partial charge < -0.3 is 4.57 Å². The van der Waals surface area contributed by atoms with Gasteiger partial charge in [-0.2, -0.15) is 5.10 Å². The van der Waals surface area contributed by atoms with Gasteiger partial charge in [0.2, 0.25) is 0 Å². The van der Waals surface area contributed by atoms with Crippen LogP contribution in [0, 0.1) is 0 Å². The molecule has 0 spiro atoms. The molecule has 1 aromatic carbocycles. The quantitative estimate of drug-likeness (QED) is 0.387. The highest BCUT2D eigenvalue weighted by atomic mass is 32.2. The maximum absolute atomic E-state index is 12.1. The minimum atomic E-state index is -0.194. The van der Waals surface area contributed by atoms with Crippen LogP contribution in [0.1, 0.15) is 19.4 Å². The van der Waals surface area contributed by atoms with Gasteiger partial charge in [0.1, 0.15) is 0 Å². The normalized spacial score (nSPS) is 11.4. The molecular weight excluding hydrogens is 360 g/mol. The standard InChI is InChI=1S/C19H20N6OS/c1-3-25-18(16-7-5-4-6-8-16)23-24-19(25)27-13-17(26)22-21-14(2)15-9-11-20-12-10-15/h4-12H,3,13H2,1-2H3,(H,22,26). The molecule has 3 rings (SSSR count). The van der Waals surface area contributed by atoms with Crippen molar-refractivity contribution >= 4 is 23.4 Å². The first-order valence-corrected chi connectivity index (χ1v) is 9.52. The van der Waals surface area contributed by atoms with Crippen molar-refractivity contribution in [3.8, 4) is 11.4 Å². The third-order valence-corrected chi connectivity index (χ3v) is 4.81. The van der Waals surface area contributed by atoms with Gasteiger partial charge >= 0.3 is 0 Å². The highest BCUT2D eigenvalue weighted by Crippen LogP contribution is 2.23. The Morgan fingerprint density at radius 1 is 1.15 bits per heavy atom. The van der Waals surface area contributed by atoms with E-state index in [1.807, 2.05) is 60.9 Å². The number of thioether (sulfide) groups is 1. The van der Waals surface area contributed by atoms with Crippen molar-refractivity contribution in [3.63, 3.8) is 0 Å². The highest BCUT2D eigenvalue weighted by Gasteiger charge is 2.14. The van der Waals surface area contributed by atoms with Gasteiger partial charge in [-0.1, -0.05) is 42.1 Å². The van der Waals surface area contributed by atoms with Crippen molar-refractivity contribution in [1.29, 1.82) is 0 Å². The average molecular weight is 380 g/mol. The third kappa shape index (κ3) is 4.79. The van der Waals surface area contributed by atoms with E-state index in [9.17, 15) is 4.79 Å². The van der Waals surface area contributed by atoms with Crippen LogP contribution in [0.15, 0.2) is 65.1 Å². The number of hydrogen-bond donors (Lipinski definition) is 1. The van der Waals surface area contributed by atoms with Crippen LogP contribution in [0.5, 0.6) is 0 Å². The summed E-state index contributed by atoms with van der Waals surface area (Å²) in [5.74, 6) is 0.813. The summed E-state index contributed by atoms with van der Waals surface area (Å²) >= 11 is 1.34. The second kappa shape index (κ2) is 9.09. The van der Waals surface area contributed by atoms with E-state index in [0.717, 1.165) is 29.2 Å². The Kier molecular flexibility index (Phi) is 6.32. The first kappa shape index (κ1) is 18.8. The number of aromatic nitrogens is 4. The first-order valence-electron chi connectivity index (χ1n) is 8.54. The van der Waals surface area contributed by atoms with Gasteiger partial charge in [-0.15, -0.1) is 10.2 Å². The Balaban J connectivity index is 1.62. The van der Waals surface area contributed by atoms with Crippen LogP contribution >= 0.6 is 11.8 Å². The van der Waals surface area contributed by atoms with Crippen LogP contribution in [0.25, 0.3) is 11.4 Å². The lowest BCUT2D eigenvalue weighted by Gasteiger charge is -2.07. The Morgan fingerprint density at radius 3 is 2.59 bits per heavy atom. The lowest BCUT2D eigenvalue weighted by atomic mass is 10.2. The zero-order chi connectivity index (χ0) is 19.1. The van der Waals surface area contributed by atoms with Gasteiger partial charge in [0.15, 0.2) is 11.0 Å². The highest BCUT2D eigenvalue weighted by molar-refractivity contribution is 7.99. The summed E-state index contributed by atoms with van der Waals surface area (Å²) in [5.41, 5.74) is 5.21. The predicted molar refractivity (Wildman–Crippen MR) is 106 cm³/mol. The molecule has 2 heterocycles. The van der Waals surface area contributed by atoms with Gasteiger partial charge in [-0.3, -0.25) is 9.78 Å². The van der Waals surface area contributed by atoms with Crippen molar-refractivity contribution in [2.24, 2.45) is 5.10 Å². The molecule has 7 nitrogen and oxygen atoms in total. The van der Waals surface area contributed by atoms with E-state index in [-0.39, 0.29) is 11.7 Å². The van der Waals surface area contributed by atoms with Crippen LogP contribution in [0.4, 0.5) is 0 Å². The second-order valence-electron chi connectivity index (χ2n) is 5.67. The maximum Gasteiger partial charge on any atom is 0.250 e. The summed E-state index contributed by atoms with van der Waals surface area (Å²) in [6.07, 6.45) is 3.38. The van der Waals surface area contributed by atoms with E-state index < -0.39 is 0 Å². The molecule has 2 aromatic heterocycles. The van der Waals surface area contributed by atoms with Crippen LogP contribution in [-0.4, -0.2) is 37.1 Å². The minimum Gasteiger partial charge on any atom is -0.302 e. The van der Waals surface area contributed by atoms with Crippen molar-refractivity contribution in [2.45, 2.75) is 25.5 Å². The molecule has 0 aliphatic carbocycles. The fraction of sp³-hybridized carbons (Fsp3) is 0.211. The number of nitrogens with one attached hydrogen (secondary N) is 1. The molecule has 0 saturated carbocycles. The Bertz CT molecular complexity index is 924. The molecule has 0 aliphatic heterocycles. The molecule has 1 N–H and O–H groups in total. The fourth-order valence-corrected chi connectivity index (χ4v) is 3.24. The van der Waals surface area contributed by atoms with Crippen molar-refractivity contribution < 1.29 is 4.79 Å². The number of nitrogens with zero attached hydrogens (tertiary/aromatic N) is 5. The number of amides is 1. The smallest absolute Gasteiger partial charge is 0.250 e. The molecule has 0 saturated heterocycles. The first-order chi connectivity index (χ1) is 13.2. The number of hydrogen-bond acceptors (Lipinski definition) is 6. The van der Waals surface area contributed by atoms with Gasteiger partial charge in [0.25, 0.3) is 5.91 Å². The number of carbonyl (C=O) groups excluding carboxylic acids is 1. The van der Waals surface area contributed by atoms with E-state index in [1.165, 1.54) is 11.8 Å². The Hall–Kier alpha value is -3.00. The lowest BCUT2D eigenvalue weighted by Crippen LogP contribution is -2.21. The van der Waals surface area contributed by atoms with Crippen LogP contribution in [0.2, 0.25) is 0 Å². The molecule has 0 unspecified atom stereocenters. The maximum atomic E-state index is 12.1. The largest absolute Gasteiger partial charge is 0.302 e. The SMILES string of the molecule is CCn1c(SCC(=O)NN=C(C)c2ccncc2)nnc1-c1ccccc1. The predicted octanol–water partition coefficient (Wildman–Crippen LogP) is 2.99. The molecule has 0 aliphatic rings. The van der Waals surface area contributed by atoms with E-state index in [1.54, 1.807) is 12.4 Å². The zero-order valence-corrected chi connectivity index (χ0v) is 16.0. The Labute approximate surface area is 161 Å². The van der Waals surface area contributed by atoms with Crippen LogP contribution < -0.4 is 5.43 Å². The number of rotatable bonds is 7. The molecule has 3 aromatic rings. The molecule has 1 amide bonds. The van der Waals surface area contributed by atoms with Crippen LogP contribution in [-0.2, 0) is 11.3 Å². The summed E-state index contributed by atoms with van der Waals surface area (Å²) < 4.78 is 2.00. The molecule has 0 atom stereocenters. The molecule has 0 radical (unpaired) electrons. The zero-order valence-electron chi connectivity index (χ0n) is 15.2. The summed E-state index contributed by atoms with van der Waals surface area (Å²) in [6.45, 7) is 4.59. The van der Waals surface area contributed by atoms with Gasteiger partial charge in [-0.05, 0) is 26.0 Å². The minimum absolute atomic E-state index is 0.194. The van der Waals surface area contributed by atoms with Crippen molar-refractivity contribution in [1.82, 2.24) is 25.2 Å². The number of hydrazone groups is 1. The fourth-order valence-electron chi connectivity index (χ4n) is 2.45. The number of carbonyl (C=O) groups is 1. The molecule has 27 heavy (non-hydrogen) atoms. The topological polar surface area (TPSA) is 85.1 Å². The Morgan fingerprint density at radius 2 is 1.89 bits per heavy atom. The van der Waals surface area contributed by atoms with Gasteiger partial charge in [-0.25, -0.2) is 5.43 Å². The summed E-state index contributed by atoms with van der Waals surface area (Å²) in [6, 6.07) is 13.6. The van der Waals surface area contributed by atoms with Crippen LogP contribution in [0.3, 0.4) is 0 Å². The monoisotopic (exact) mass is 380 g/mol. The summed E-state index contributed by atoms with van der Waals surface area (Å²) in [4.78, 5) is 16.1. The molecule has 0 bridgehead atoms. The van der Waals surface area contributed by atoms with Crippen molar-refractivity contribution in [3.05, 3.63) is 60.4 Å². The molecule has 0 fully saturated rings. The number of benzene rings is 1. The lowest BCUT2D eigenvalue weighted by molar-refractivity contribution is -0.118. The van der Waals surface area contributed by atoms with E-state index in [4.69, 9.17) is 0 Å². The summed E-state index contributed by atoms with van der Waals surface area (Å²) in [7, 11) is 0. The molecule has 8 heteroatoms. The van der Waals surface area contributed by atoms with E-state index in [0.29, 0.717) is 5.16 Å². The molecule has 138 valence electrons. The third-order valence-electron chi connectivity index (χ3n) is 3.84. The van der Waals surface area contributed by atoms with Gasteiger partial charge in [0.05, 0.1) is 11.5 Å². The average Bonchev–Trinajstić information content (AvgIpc) is 3.14. The van der Waals surface area contributed by atoms with E-state index >= 15 is 0 Å². The second-order valence-corrected chi connectivity index (χ2v) is 6.62. The molecular formula is C19H20N6OS. The van der Waals surface area contributed by atoms with Crippen molar-refractivity contribution in [2.75, 3.05) is 5.75 Å². The number of pyridine rings is 1. The van der Waals surface area contributed by atoms with Gasteiger partial charge in [0, 0.05) is 30.1 Å².